The molecule has 1 aromatic heterocycles. The molecule has 0 unspecified atom stereocenters. The fourth-order valence-electron chi connectivity index (χ4n) is 1.03. The lowest BCUT2D eigenvalue weighted by molar-refractivity contribution is 0.0956. The molecule has 0 spiro atoms. The summed E-state index contributed by atoms with van der Waals surface area (Å²) in [6.45, 7) is 3.61. The minimum absolute atomic E-state index is 0.211. The largest absolute Gasteiger partial charge is 0.361 e. The monoisotopic (exact) mass is 178 g/mol. The van der Waals surface area contributed by atoms with Gasteiger partial charge in [-0.15, -0.1) is 6.42 Å². The van der Waals surface area contributed by atoms with Crippen molar-refractivity contribution in [3.63, 3.8) is 0 Å². The van der Waals surface area contributed by atoms with Crippen LogP contribution in [-0.2, 0) is 0 Å². The number of amides is 1. The van der Waals surface area contributed by atoms with Crippen LogP contribution >= 0.6 is 0 Å². The first-order valence-corrected chi connectivity index (χ1v) is 3.81. The van der Waals surface area contributed by atoms with Crippen molar-refractivity contribution in [2.45, 2.75) is 13.8 Å². The molecule has 1 amide bonds. The van der Waals surface area contributed by atoms with Gasteiger partial charge in [-0.3, -0.25) is 4.79 Å². The number of nitrogens with one attached hydrogen (secondary N) is 1. The third kappa shape index (κ3) is 1.88. The average Bonchev–Trinajstić information content (AvgIpc) is 2.42. The number of aryl methyl sites for hydroxylation is 2. The number of carbonyl (C=O) groups is 1. The van der Waals surface area contributed by atoms with Gasteiger partial charge < -0.3 is 9.84 Å². The maximum atomic E-state index is 11.4. The number of hydrogen-bond donors (Lipinski definition) is 1. The molecule has 0 aromatic carbocycles. The van der Waals surface area contributed by atoms with Crippen LogP contribution in [0.2, 0.25) is 0 Å². The Morgan fingerprint density at radius 3 is 2.85 bits per heavy atom. The molecule has 4 heteroatoms. The van der Waals surface area contributed by atoms with Gasteiger partial charge in [0, 0.05) is 0 Å². The van der Waals surface area contributed by atoms with Gasteiger partial charge in [0.1, 0.15) is 11.3 Å². The summed E-state index contributed by atoms with van der Waals surface area (Å²) in [5.41, 5.74) is 1.04. The van der Waals surface area contributed by atoms with Gasteiger partial charge in [-0.1, -0.05) is 11.1 Å². The second kappa shape index (κ2) is 3.76. The van der Waals surface area contributed by atoms with Crippen molar-refractivity contribution in [2.24, 2.45) is 0 Å². The van der Waals surface area contributed by atoms with E-state index in [1.54, 1.807) is 13.8 Å². The van der Waals surface area contributed by atoms with Crippen molar-refractivity contribution < 1.29 is 9.32 Å². The van der Waals surface area contributed by atoms with Gasteiger partial charge in [0.05, 0.1) is 12.2 Å². The molecule has 0 aliphatic carbocycles. The van der Waals surface area contributed by atoms with Crippen LogP contribution in [0.25, 0.3) is 0 Å². The van der Waals surface area contributed by atoms with Crippen LogP contribution in [-0.4, -0.2) is 17.6 Å². The topological polar surface area (TPSA) is 55.1 Å². The summed E-state index contributed by atoms with van der Waals surface area (Å²) in [5.74, 6) is 2.58. The lowest BCUT2D eigenvalue weighted by atomic mass is 10.2. The SMILES string of the molecule is C#CCNC(=O)c1c(C)noc1C. The predicted octanol–water partition coefficient (Wildman–Crippen LogP) is 0.654. The van der Waals surface area contributed by atoms with Crippen LogP contribution in [0, 0.1) is 26.2 Å². The zero-order valence-corrected chi connectivity index (χ0v) is 7.55. The summed E-state index contributed by atoms with van der Waals surface area (Å²) in [5, 5.41) is 6.20. The molecule has 1 N–H and O–H groups in total. The Bertz CT molecular complexity index is 341. The second-order valence-electron chi connectivity index (χ2n) is 2.59. The molecule has 0 radical (unpaired) electrons. The molecule has 13 heavy (non-hydrogen) atoms. The van der Waals surface area contributed by atoms with Gasteiger partial charge >= 0.3 is 0 Å². The fraction of sp³-hybridized carbons (Fsp3) is 0.333. The molecule has 0 atom stereocenters. The van der Waals surface area contributed by atoms with E-state index in [2.05, 4.69) is 16.4 Å². The molecule has 0 fully saturated rings. The summed E-state index contributed by atoms with van der Waals surface area (Å²) in [6, 6.07) is 0. The van der Waals surface area contributed by atoms with Crippen LogP contribution in [0.4, 0.5) is 0 Å². The van der Waals surface area contributed by atoms with E-state index in [0.29, 0.717) is 17.0 Å². The van der Waals surface area contributed by atoms with Crippen molar-refractivity contribution in [3.8, 4) is 12.3 Å². The minimum Gasteiger partial charge on any atom is -0.361 e. The molecule has 0 saturated heterocycles. The zero-order chi connectivity index (χ0) is 9.84. The van der Waals surface area contributed by atoms with Gasteiger partial charge in [0.15, 0.2) is 0 Å². The maximum absolute atomic E-state index is 11.4. The van der Waals surface area contributed by atoms with E-state index in [1.165, 1.54) is 0 Å². The molecular formula is C9H10N2O2. The molecule has 0 bridgehead atoms. The number of hydrogen-bond acceptors (Lipinski definition) is 3. The van der Waals surface area contributed by atoms with E-state index in [0.717, 1.165) is 0 Å². The Balaban J connectivity index is 2.83. The standard InChI is InChI=1S/C9H10N2O2/c1-4-5-10-9(12)8-6(2)11-13-7(8)3/h1H,5H2,2-3H3,(H,10,12). The van der Waals surface area contributed by atoms with Crippen molar-refractivity contribution in [1.82, 2.24) is 10.5 Å². The Morgan fingerprint density at radius 2 is 2.38 bits per heavy atom. The van der Waals surface area contributed by atoms with Gasteiger partial charge in [0.2, 0.25) is 0 Å². The van der Waals surface area contributed by atoms with Crippen LogP contribution in [0.1, 0.15) is 21.8 Å². The zero-order valence-electron chi connectivity index (χ0n) is 7.55. The van der Waals surface area contributed by atoms with Crippen LogP contribution < -0.4 is 5.32 Å². The van der Waals surface area contributed by atoms with Crippen molar-refractivity contribution in [3.05, 3.63) is 17.0 Å². The van der Waals surface area contributed by atoms with Crippen molar-refractivity contribution in [1.29, 1.82) is 0 Å². The number of rotatable bonds is 2. The van der Waals surface area contributed by atoms with Crippen LogP contribution in [0.3, 0.4) is 0 Å². The van der Waals surface area contributed by atoms with Gasteiger partial charge in [0.25, 0.3) is 5.91 Å². The van der Waals surface area contributed by atoms with Crippen molar-refractivity contribution in [2.75, 3.05) is 6.54 Å². The van der Waals surface area contributed by atoms with Crippen molar-refractivity contribution >= 4 is 5.91 Å². The number of nitrogens with zero attached hydrogens (tertiary/aromatic N) is 1. The van der Waals surface area contributed by atoms with E-state index in [-0.39, 0.29) is 12.5 Å². The summed E-state index contributed by atoms with van der Waals surface area (Å²) >= 11 is 0. The predicted molar refractivity (Wildman–Crippen MR) is 47.1 cm³/mol. The Hall–Kier alpha value is -1.76. The highest BCUT2D eigenvalue weighted by molar-refractivity contribution is 5.96. The van der Waals surface area contributed by atoms with Crippen LogP contribution in [0.15, 0.2) is 4.52 Å². The Morgan fingerprint density at radius 1 is 1.69 bits per heavy atom. The van der Waals surface area contributed by atoms with E-state index < -0.39 is 0 Å². The Kier molecular flexibility index (Phi) is 2.70. The summed E-state index contributed by atoms with van der Waals surface area (Å²) in [7, 11) is 0. The third-order valence-corrected chi connectivity index (χ3v) is 1.61. The first kappa shape index (κ1) is 9.33. The number of aromatic nitrogens is 1. The van der Waals surface area contributed by atoms with Gasteiger partial charge in [-0.25, -0.2) is 0 Å². The quantitative estimate of drug-likeness (QED) is 0.676. The molecule has 1 aromatic rings. The Labute approximate surface area is 76.3 Å². The number of carbonyl (C=O) groups excluding carboxylic acids is 1. The van der Waals surface area contributed by atoms with Crippen LogP contribution in [0.5, 0.6) is 0 Å². The molecule has 4 nitrogen and oxygen atoms in total. The lowest BCUT2D eigenvalue weighted by Crippen LogP contribution is -2.24. The second-order valence-corrected chi connectivity index (χ2v) is 2.59. The average molecular weight is 178 g/mol. The van der Waals surface area contributed by atoms with Gasteiger partial charge in [-0.2, -0.15) is 0 Å². The highest BCUT2D eigenvalue weighted by Gasteiger charge is 2.16. The lowest BCUT2D eigenvalue weighted by Gasteiger charge is -1.98. The molecule has 0 aliphatic rings. The molecule has 1 heterocycles. The maximum Gasteiger partial charge on any atom is 0.257 e. The van der Waals surface area contributed by atoms with E-state index in [9.17, 15) is 4.79 Å². The summed E-state index contributed by atoms with van der Waals surface area (Å²) in [4.78, 5) is 11.4. The number of terminal acetylenes is 1. The summed E-state index contributed by atoms with van der Waals surface area (Å²) < 4.78 is 4.83. The first-order chi connectivity index (χ1) is 6.16. The normalized spacial score (nSPS) is 9.31. The third-order valence-electron chi connectivity index (χ3n) is 1.61. The summed E-state index contributed by atoms with van der Waals surface area (Å²) in [6.07, 6.45) is 5.00. The minimum atomic E-state index is -0.241. The molecule has 68 valence electrons. The fourth-order valence-corrected chi connectivity index (χ4v) is 1.03. The first-order valence-electron chi connectivity index (χ1n) is 3.81. The molecule has 0 aliphatic heterocycles. The van der Waals surface area contributed by atoms with Gasteiger partial charge in [-0.05, 0) is 13.8 Å². The molecule has 1 rings (SSSR count). The smallest absolute Gasteiger partial charge is 0.257 e. The highest BCUT2D eigenvalue weighted by Crippen LogP contribution is 2.11. The molecule has 0 saturated carbocycles. The van der Waals surface area contributed by atoms with E-state index in [1.807, 2.05) is 0 Å². The molecular weight excluding hydrogens is 168 g/mol. The van der Waals surface area contributed by atoms with E-state index >= 15 is 0 Å². The highest BCUT2D eigenvalue weighted by atomic mass is 16.5. The van der Waals surface area contributed by atoms with E-state index in [4.69, 9.17) is 10.9 Å².